The van der Waals surface area contributed by atoms with E-state index in [1.165, 1.54) is 6.07 Å². The second-order valence-electron chi connectivity index (χ2n) is 3.47. The van der Waals surface area contributed by atoms with E-state index in [2.05, 4.69) is 6.58 Å². The van der Waals surface area contributed by atoms with E-state index in [1.54, 1.807) is 25.1 Å². The number of rotatable bonds is 2. The highest BCUT2D eigenvalue weighted by Gasteiger charge is 2.20. The molecule has 70 valence electrons. The summed E-state index contributed by atoms with van der Waals surface area (Å²) in [4.78, 5) is 0. The second kappa shape index (κ2) is 3.30. The molecule has 1 atom stereocenters. The maximum Gasteiger partial charge on any atom is 0.128 e. The van der Waals surface area contributed by atoms with Crippen molar-refractivity contribution in [1.29, 1.82) is 0 Å². The fourth-order valence-corrected chi connectivity index (χ4v) is 1.16. The summed E-state index contributed by atoms with van der Waals surface area (Å²) >= 11 is 0. The van der Waals surface area contributed by atoms with Gasteiger partial charge in [-0.1, -0.05) is 23.8 Å². The minimum absolute atomic E-state index is 0.282. The maximum absolute atomic E-state index is 13.3. The first kappa shape index (κ1) is 9.93. The van der Waals surface area contributed by atoms with Crippen LogP contribution in [0.5, 0.6) is 0 Å². The van der Waals surface area contributed by atoms with E-state index in [1.807, 2.05) is 6.92 Å². The molecule has 0 fully saturated rings. The van der Waals surface area contributed by atoms with Crippen LogP contribution in [0.15, 0.2) is 30.9 Å². The third-order valence-corrected chi connectivity index (χ3v) is 2.13. The molecule has 1 nitrogen and oxygen atoms in total. The number of halogens is 1. The largest absolute Gasteiger partial charge is 0.318 e. The van der Waals surface area contributed by atoms with E-state index in [0.29, 0.717) is 5.56 Å². The summed E-state index contributed by atoms with van der Waals surface area (Å²) in [7, 11) is 0. The highest BCUT2D eigenvalue weighted by Crippen LogP contribution is 2.22. The first-order valence-corrected chi connectivity index (χ1v) is 4.16. The first-order valence-electron chi connectivity index (χ1n) is 4.16. The van der Waals surface area contributed by atoms with E-state index < -0.39 is 5.54 Å². The van der Waals surface area contributed by atoms with Crippen molar-refractivity contribution >= 4 is 0 Å². The fourth-order valence-electron chi connectivity index (χ4n) is 1.16. The number of hydrogen-bond donors (Lipinski definition) is 1. The van der Waals surface area contributed by atoms with E-state index in [4.69, 9.17) is 5.73 Å². The van der Waals surface area contributed by atoms with Crippen LogP contribution in [0.4, 0.5) is 4.39 Å². The second-order valence-corrected chi connectivity index (χ2v) is 3.47. The van der Waals surface area contributed by atoms with Crippen LogP contribution in [0, 0.1) is 12.7 Å². The van der Waals surface area contributed by atoms with Crippen molar-refractivity contribution in [1.82, 2.24) is 0 Å². The molecule has 0 heterocycles. The summed E-state index contributed by atoms with van der Waals surface area (Å²) in [6, 6.07) is 4.90. The van der Waals surface area contributed by atoms with Crippen molar-refractivity contribution in [2.75, 3.05) is 0 Å². The molecule has 0 saturated heterocycles. The first-order chi connectivity index (χ1) is 5.97. The van der Waals surface area contributed by atoms with Gasteiger partial charge in [-0.2, -0.15) is 0 Å². The molecule has 2 N–H and O–H groups in total. The summed E-state index contributed by atoms with van der Waals surface area (Å²) in [6.45, 7) is 7.23. The molecule has 0 radical (unpaired) electrons. The molecule has 0 saturated carbocycles. The van der Waals surface area contributed by atoms with E-state index in [0.717, 1.165) is 5.56 Å². The summed E-state index contributed by atoms with van der Waals surface area (Å²) in [5, 5.41) is 0. The SMILES string of the molecule is C=C[C@](C)(N)c1cc(C)ccc1F. The van der Waals surface area contributed by atoms with Gasteiger partial charge in [-0.05, 0) is 19.9 Å². The van der Waals surface area contributed by atoms with Gasteiger partial charge in [0.2, 0.25) is 0 Å². The van der Waals surface area contributed by atoms with Gasteiger partial charge in [0.05, 0.1) is 5.54 Å². The molecule has 0 aliphatic carbocycles. The predicted molar refractivity (Wildman–Crippen MR) is 52.9 cm³/mol. The zero-order valence-corrected chi connectivity index (χ0v) is 7.97. The Morgan fingerprint density at radius 3 is 2.69 bits per heavy atom. The summed E-state index contributed by atoms with van der Waals surface area (Å²) in [5.74, 6) is -0.282. The molecule has 0 aromatic heterocycles. The lowest BCUT2D eigenvalue weighted by Gasteiger charge is -2.21. The highest BCUT2D eigenvalue weighted by atomic mass is 19.1. The Balaban J connectivity index is 3.28. The van der Waals surface area contributed by atoms with Crippen molar-refractivity contribution in [3.63, 3.8) is 0 Å². The van der Waals surface area contributed by atoms with Crippen molar-refractivity contribution in [3.8, 4) is 0 Å². The molecule has 0 bridgehead atoms. The van der Waals surface area contributed by atoms with Crippen molar-refractivity contribution in [3.05, 3.63) is 47.8 Å². The summed E-state index contributed by atoms with van der Waals surface area (Å²) in [6.07, 6.45) is 1.55. The number of hydrogen-bond acceptors (Lipinski definition) is 1. The Morgan fingerprint density at radius 1 is 1.54 bits per heavy atom. The lowest BCUT2D eigenvalue weighted by molar-refractivity contribution is 0.543. The molecule has 1 aromatic carbocycles. The third-order valence-electron chi connectivity index (χ3n) is 2.13. The van der Waals surface area contributed by atoms with Gasteiger partial charge >= 0.3 is 0 Å². The van der Waals surface area contributed by atoms with Crippen molar-refractivity contribution in [2.24, 2.45) is 5.73 Å². The Hall–Kier alpha value is -1.15. The minimum Gasteiger partial charge on any atom is -0.318 e. The van der Waals surface area contributed by atoms with Gasteiger partial charge in [-0.15, -0.1) is 6.58 Å². The zero-order valence-electron chi connectivity index (χ0n) is 7.97. The molecule has 13 heavy (non-hydrogen) atoms. The van der Waals surface area contributed by atoms with Gasteiger partial charge in [-0.25, -0.2) is 4.39 Å². The van der Waals surface area contributed by atoms with Gasteiger partial charge in [-0.3, -0.25) is 0 Å². The van der Waals surface area contributed by atoms with Crippen LogP contribution in [0.2, 0.25) is 0 Å². The van der Waals surface area contributed by atoms with Crippen molar-refractivity contribution in [2.45, 2.75) is 19.4 Å². The van der Waals surface area contributed by atoms with E-state index in [9.17, 15) is 4.39 Å². The minimum atomic E-state index is -0.796. The normalized spacial score (nSPS) is 15.1. The Morgan fingerprint density at radius 2 is 2.15 bits per heavy atom. The predicted octanol–water partition coefficient (Wildman–Crippen LogP) is 2.49. The van der Waals surface area contributed by atoms with Gasteiger partial charge in [0.15, 0.2) is 0 Å². The summed E-state index contributed by atoms with van der Waals surface area (Å²) in [5.41, 5.74) is 6.54. The average Bonchev–Trinajstić information content (AvgIpc) is 2.09. The molecular formula is C11H14FN. The van der Waals surface area contributed by atoms with Crippen LogP contribution >= 0.6 is 0 Å². The Kier molecular flexibility index (Phi) is 2.52. The fraction of sp³-hybridized carbons (Fsp3) is 0.273. The van der Waals surface area contributed by atoms with Crippen LogP contribution in [0.1, 0.15) is 18.1 Å². The third kappa shape index (κ3) is 1.95. The maximum atomic E-state index is 13.3. The summed E-state index contributed by atoms with van der Waals surface area (Å²) < 4.78 is 13.3. The number of benzene rings is 1. The molecule has 0 spiro atoms. The molecule has 0 amide bonds. The Labute approximate surface area is 78.1 Å². The highest BCUT2D eigenvalue weighted by molar-refractivity contribution is 5.32. The molecule has 2 heteroatoms. The Bertz CT molecular complexity index is 329. The van der Waals surface area contributed by atoms with Gasteiger partial charge < -0.3 is 5.73 Å². The lowest BCUT2D eigenvalue weighted by atomic mass is 9.92. The number of nitrogens with two attached hydrogens (primary N) is 1. The zero-order chi connectivity index (χ0) is 10.1. The quantitative estimate of drug-likeness (QED) is 0.693. The van der Waals surface area contributed by atoms with Crippen molar-refractivity contribution < 1.29 is 4.39 Å². The molecule has 1 aromatic rings. The standard InChI is InChI=1S/C11H14FN/c1-4-11(3,13)9-7-8(2)5-6-10(9)12/h4-7H,1,13H2,2-3H3/t11-/m0/s1. The topological polar surface area (TPSA) is 26.0 Å². The van der Waals surface area contributed by atoms with Crippen LogP contribution in [0.25, 0.3) is 0 Å². The van der Waals surface area contributed by atoms with E-state index in [-0.39, 0.29) is 5.82 Å². The smallest absolute Gasteiger partial charge is 0.128 e. The van der Waals surface area contributed by atoms with Gasteiger partial charge in [0, 0.05) is 5.56 Å². The lowest BCUT2D eigenvalue weighted by Crippen LogP contribution is -2.31. The van der Waals surface area contributed by atoms with E-state index >= 15 is 0 Å². The molecular weight excluding hydrogens is 165 g/mol. The number of aryl methyl sites for hydroxylation is 1. The molecule has 0 aliphatic rings. The monoisotopic (exact) mass is 179 g/mol. The van der Waals surface area contributed by atoms with Crippen LogP contribution < -0.4 is 5.73 Å². The average molecular weight is 179 g/mol. The van der Waals surface area contributed by atoms with Gasteiger partial charge in [0.1, 0.15) is 5.82 Å². The molecule has 0 aliphatic heterocycles. The molecule has 1 rings (SSSR count). The van der Waals surface area contributed by atoms with Crippen LogP contribution in [-0.2, 0) is 5.54 Å². The van der Waals surface area contributed by atoms with Gasteiger partial charge in [0.25, 0.3) is 0 Å². The molecule has 0 unspecified atom stereocenters. The van der Waals surface area contributed by atoms with Crippen LogP contribution in [0.3, 0.4) is 0 Å². The van der Waals surface area contributed by atoms with Crippen LogP contribution in [-0.4, -0.2) is 0 Å².